The van der Waals surface area contributed by atoms with E-state index in [4.69, 9.17) is 9.97 Å². The molecule has 1 saturated heterocycles. The van der Waals surface area contributed by atoms with E-state index in [0.29, 0.717) is 5.92 Å². The van der Waals surface area contributed by atoms with Crippen LogP contribution < -0.4 is 4.90 Å². The lowest BCUT2D eigenvalue weighted by molar-refractivity contribution is 0.597. The molecule has 1 unspecified atom stereocenters. The Labute approximate surface area is 119 Å². The quantitative estimate of drug-likeness (QED) is 0.833. The van der Waals surface area contributed by atoms with Crippen LogP contribution in [0.15, 0.2) is 30.3 Å². The van der Waals surface area contributed by atoms with Gasteiger partial charge in [-0.2, -0.15) is 0 Å². The summed E-state index contributed by atoms with van der Waals surface area (Å²) >= 11 is 0. The van der Waals surface area contributed by atoms with Gasteiger partial charge in [0.05, 0.1) is 11.4 Å². The van der Waals surface area contributed by atoms with Crippen molar-refractivity contribution in [2.75, 3.05) is 18.0 Å². The van der Waals surface area contributed by atoms with Gasteiger partial charge >= 0.3 is 0 Å². The highest BCUT2D eigenvalue weighted by molar-refractivity contribution is 5.66. The van der Waals surface area contributed by atoms with E-state index in [0.717, 1.165) is 31.2 Å². The van der Waals surface area contributed by atoms with Gasteiger partial charge in [-0.05, 0) is 25.2 Å². The maximum Gasteiger partial charge on any atom is 0.226 e. The summed E-state index contributed by atoms with van der Waals surface area (Å²) in [5.74, 6) is 1.50. The van der Waals surface area contributed by atoms with E-state index in [1.165, 1.54) is 29.7 Å². The zero-order valence-corrected chi connectivity index (χ0v) is 11.8. The summed E-state index contributed by atoms with van der Waals surface area (Å²) in [5, 5.41) is 0. The van der Waals surface area contributed by atoms with Crippen LogP contribution in [0.5, 0.6) is 0 Å². The standard InChI is InChI=1S/C17H19N3/c1-12-8-9-14-15(12)18-17(20-10-5-11-20)19-16(14)13-6-3-2-4-7-13/h2-4,6-7,12H,5,8-11H2,1H3. The average molecular weight is 265 g/mol. The van der Waals surface area contributed by atoms with Gasteiger partial charge in [0.25, 0.3) is 0 Å². The number of benzene rings is 1. The fourth-order valence-electron chi connectivity index (χ4n) is 3.13. The summed E-state index contributed by atoms with van der Waals surface area (Å²) in [7, 11) is 0. The van der Waals surface area contributed by atoms with E-state index in [-0.39, 0.29) is 0 Å². The monoisotopic (exact) mass is 265 g/mol. The molecule has 20 heavy (non-hydrogen) atoms. The van der Waals surface area contributed by atoms with E-state index in [2.05, 4.69) is 42.2 Å². The largest absolute Gasteiger partial charge is 0.341 e. The van der Waals surface area contributed by atoms with Gasteiger partial charge in [0, 0.05) is 24.2 Å². The Hall–Kier alpha value is -1.90. The number of hydrogen-bond donors (Lipinski definition) is 0. The lowest BCUT2D eigenvalue weighted by atomic mass is 10.0. The zero-order valence-electron chi connectivity index (χ0n) is 11.8. The first kappa shape index (κ1) is 11.9. The van der Waals surface area contributed by atoms with Crippen molar-refractivity contribution in [2.24, 2.45) is 0 Å². The molecule has 0 N–H and O–H groups in total. The molecule has 0 bridgehead atoms. The van der Waals surface area contributed by atoms with Crippen LogP contribution in [-0.4, -0.2) is 23.1 Å². The van der Waals surface area contributed by atoms with Gasteiger partial charge in [0.15, 0.2) is 0 Å². The third-order valence-electron chi connectivity index (χ3n) is 4.51. The summed E-state index contributed by atoms with van der Waals surface area (Å²) in [5.41, 5.74) is 5.03. The van der Waals surface area contributed by atoms with Crippen LogP contribution in [0.1, 0.15) is 36.9 Å². The second-order valence-corrected chi connectivity index (χ2v) is 5.88. The first-order chi connectivity index (χ1) is 9.83. The lowest BCUT2D eigenvalue weighted by Crippen LogP contribution is -2.38. The minimum atomic E-state index is 0.565. The molecule has 3 nitrogen and oxygen atoms in total. The molecule has 1 aromatic carbocycles. The summed E-state index contributed by atoms with van der Waals surface area (Å²) in [6, 6.07) is 10.6. The molecule has 1 fully saturated rings. The lowest BCUT2D eigenvalue weighted by Gasteiger charge is -2.31. The van der Waals surface area contributed by atoms with Crippen molar-refractivity contribution in [1.82, 2.24) is 9.97 Å². The van der Waals surface area contributed by atoms with Crippen LogP contribution in [0.2, 0.25) is 0 Å². The van der Waals surface area contributed by atoms with E-state index in [9.17, 15) is 0 Å². The number of nitrogens with zero attached hydrogens (tertiary/aromatic N) is 3. The molecule has 0 amide bonds. The Morgan fingerprint density at radius 2 is 1.90 bits per heavy atom. The SMILES string of the molecule is CC1CCc2c(-c3ccccc3)nc(N3CCC3)nc21. The van der Waals surface area contributed by atoms with E-state index >= 15 is 0 Å². The molecule has 2 aliphatic rings. The number of hydrogen-bond acceptors (Lipinski definition) is 3. The van der Waals surface area contributed by atoms with E-state index in [1.54, 1.807) is 0 Å². The van der Waals surface area contributed by atoms with Crippen LogP contribution >= 0.6 is 0 Å². The highest BCUT2D eigenvalue weighted by atomic mass is 15.3. The minimum absolute atomic E-state index is 0.565. The van der Waals surface area contributed by atoms with Gasteiger partial charge in [-0.25, -0.2) is 9.97 Å². The third-order valence-corrected chi connectivity index (χ3v) is 4.51. The Morgan fingerprint density at radius 1 is 1.10 bits per heavy atom. The molecule has 3 heteroatoms. The fraction of sp³-hybridized carbons (Fsp3) is 0.412. The van der Waals surface area contributed by atoms with Crippen molar-refractivity contribution < 1.29 is 0 Å². The predicted molar refractivity (Wildman–Crippen MR) is 81.0 cm³/mol. The van der Waals surface area contributed by atoms with Crippen molar-refractivity contribution in [3.05, 3.63) is 41.6 Å². The van der Waals surface area contributed by atoms with Gasteiger partial charge in [-0.3, -0.25) is 0 Å². The van der Waals surface area contributed by atoms with Crippen molar-refractivity contribution in [3.63, 3.8) is 0 Å². The number of anilines is 1. The molecule has 0 spiro atoms. The summed E-state index contributed by atoms with van der Waals surface area (Å²) < 4.78 is 0. The Kier molecular flexibility index (Phi) is 2.72. The van der Waals surface area contributed by atoms with Crippen molar-refractivity contribution >= 4 is 5.95 Å². The average Bonchev–Trinajstić information content (AvgIpc) is 2.79. The van der Waals surface area contributed by atoms with E-state index < -0.39 is 0 Å². The topological polar surface area (TPSA) is 29.0 Å². The van der Waals surface area contributed by atoms with Gasteiger partial charge in [0.2, 0.25) is 5.95 Å². The number of fused-ring (bicyclic) bond motifs is 1. The molecule has 2 aromatic rings. The van der Waals surface area contributed by atoms with Crippen LogP contribution in [0, 0.1) is 0 Å². The van der Waals surface area contributed by atoms with Crippen molar-refractivity contribution in [3.8, 4) is 11.3 Å². The molecule has 2 heterocycles. The van der Waals surface area contributed by atoms with Crippen molar-refractivity contribution in [2.45, 2.75) is 32.1 Å². The molecule has 1 atom stereocenters. The maximum atomic E-state index is 4.89. The zero-order chi connectivity index (χ0) is 13.5. The molecule has 0 radical (unpaired) electrons. The second kappa shape index (κ2) is 4.58. The third kappa shape index (κ3) is 1.80. The highest BCUT2D eigenvalue weighted by Crippen LogP contribution is 2.38. The Balaban J connectivity index is 1.88. The van der Waals surface area contributed by atoms with E-state index in [1.807, 2.05) is 0 Å². The summed E-state index contributed by atoms with van der Waals surface area (Å²) in [4.78, 5) is 12.0. The molecule has 0 saturated carbocycles. The highest BCUT2D eigenvalue weighted by Gasteiger charge is 2.28. The first-order valence-electron chi connectivity index (χ1n) is 7.54. The minimum Gasteiger partial charge on any atom is -0.341 e. The van der Waals surface area contributed by atoms with Crippen molar-refractivity contribution in [1.29, 1.82) is 0 Å². The molecular formula is C17H19N3. The number of aromatic nitrogens is 2. The van der Waals surface area contributed by atoms with Crippen LogP contribution in [0.4, 0.5) is 5.95 Å². The van der Waals surface area contributed by atoms with Crippen LogP contribution in [-0.2, 0) is 6.42 Å². The molecule has 1 aromatic heterocycles. The molecule has 4 rings (SSSR count). The molecule has 1 aliphatic heterocycles. The Morgan fingerprint density at radius 3 is 2.60 bits per heavy atom. The Bertz CT molecular complexity index is 632. The predicted octanol–water partition coefficient (Wildman–Crippen LogP) is 3.40. The maximum absolute atomic E-state index is 4.89. The number of rotatable bonds is 2. The summed E-state index contributed by atoms with van der Waals surface area (Å²) in [6.07, 6.45) is 3.57. The van der Waals surface area contributed by atoms with Crippen LogP contribution in [0.25, 0.3) is 11.3 Å². The molecule has 102 valence electrons. The van der Waals surface area contributed by atoms with Crippen LogP contribution in [0.3, 0.4) is 0 Å². The summed E-state index contributed by atoms with van der Waals surface area (Å²) in [6.45, 7) is 4.48. The van der Waals surface area contributed by atoms with Gasteiger partial charge in [-0.15, -0.1) is 0 Å². The normalized spacial score (nSPS) is 20.6. The smallest absolute Gasteiger partial charge is 0.226 e. The van der Waals surface area contributed by atoms with Gasteiger partial charge in [0.1, 0.15) is 0 Å². The molecular weight excluding hydrogens is 246 g/mol. The first-order valence-corrected chi connectivity index (χ1v) is 7.54. The second-order valence-electron chi connectivity index (χ2n) is 5.88. The molecule has 1 aliphatic carbocycles. The fourth-order valence-corrected chi connectivity index (χ4v) is 3.13. The van der Waals surface area contributed by atoms with Gasteiger partial charge < -0.3 is 4.90 Å². The van der Waals surface area contributed by atoms with Gasteiger partial charge in [-0.1, -0.05) is 37.3 Å².